The van der Waals surface area contributed by atoms with E-state index in [2.05, 4.69) is 27.6 Å². The van der Waals surface area contributed by atoms with E-state index in [-0.39, 0.29) is 5.82 Å². The number of halogens is 2. The average Bonchev–Trinajstić information content (AvgIpc) is 2.07. The van der Waals surface area contributed by atoms with Crippen LogP contribution < -0.4 is 0 Å². The lowest BCUT2D eigenvalue weighted by atomic mass is 10.2. The molecule has 1 aromatic heterocycles. The fourth-order valence-electron chi connectivity index (χ4n) is 1.08. The highest BCUT2D eigenvalue weighted by atomic mass is 127. The van der Waals surface area contributed by atoms with Crippen LogP contribution >= 0.6 is 22.6 Å². The zero-order valence-corrected chi connectivity index (χ0v) is 8.25. The third-order valence-electron chi connectivity index (χ3n) is 1.65. The molecule has 0 amide bonds. The van der Waals surface area contributed by atoms with Crippen LogP contribution in [0.25, 0.3) is 10.9 Å². The zero-order valence-electron chi connectivity index (χ0n) is 6.09. The van der Waals surface area contributed by atoms with E-state index in [9.17, 15) is 4.39 Å². The zero-order chi connectivity index (χ0) is 8.55. The lowest BCUT2D eigenvalue weighted by Gasteiger charge is -1.98. The molecule has 0 saturated heterocycles. The Labute approximate surface area is 82.8 Å². The molecule has 0 radical (unpaired) electrons. The number of fused-ring (bicyclic) bond motifs is 1. The van der Waals surface area contributed by atoms with Crippen LogP contribution in [0, 0.1) is 9.39 Å². The molecule has 0 bridgehead atoms. The van der Waals surface area contributed by atoms with Crippen molar-refractivity contribution in [3.05, 3.63) is 39.8 Å². The summed E-state index contributed by atoms with van der Waals surface area (Å²) in [6.45, 7) is 0. The van der Waals surface area contributed by atoms with Gasteiger partial charge in [0.1, 0.15) is 5.82 Å². The molecule has 1 aromatic carbocycles. The van der Waals surface area contributed by atoms with E-state index in [4.69, 9.17) is 0 Å². The number of benzene rings is 1. The minimum atomic E-state index is -0.214. The highest BCUT2D eigenvalue weighted by Gasteiger charge is 1.99. The van der Waals surface area contributed by atoms with Crippen LogP contribution in [-0.2, 0) is 0 Å². The van der Waals surface area contributed by atoms with E-state index in [1.54, 1.807) is 12.3 Å². The van der Waals surface area contributed by atoms with Gasteiger partial charge in [-0.25, -0.2) is 4.39 Å². The minimum Gasteiger partial charge on any atom is -0.256 e. The maximum Gasteiger partial charge on any atom is 0.123 e. The highest BCUT2D eigenvalue weighted by molar-refractivity contribution is 14.1. The van der Waals surface area contributed by atoms with Gasteiger partial charge in [-0.3, -0.25) is 4.98 Å². The van der Waals surface area contributed by atoms with Crippen molar-refractivity contribution in [3.8, 4) is 0 Å². The van der Waals surface area contributed by atoms with Crippen molar-refractivity contribution in [3.63, 3.8) is 0 Å². The van der Waals surface area contributed by atoms with E-state index >= 15 is 0 Å². The second kappa shape index (κ2) is 2.97. The minimum absolute atomic E-state index is 0.214. The lowest BCUT2D eigenvalue weighted by Crippen LogP contribution is -1.82. The average molecular weight is 273 g/mol. The molecule has 0 unspecified atom stereocenters. The van der Waals surface area contributed by atoms with Crippen LogP contribution in [0.3, 0.4) is 0 Å². The van der Waals surface area contributed by atoms with Gasteiger partial charge in [0.05, 0.1) is 5.52 Å². The van der Waals surface area contributed by atoms with Crippen LogP contribution in [0.5, 0.6) is 0 Å². The van der Waals surface area contributed by atoms with Gasteiger partial charge in [-0.05, 0) is 46.9 Å². The van der Waals surface area contributed by atoms with Crippen LogP contribution in [-0.4, -0.2) is 4.98 Å². The topological polar surface area (TPSA) is 12.9 Å². The van der Waals surface area contributed by atoms with Crippen LogP contribution in [0.2, 0.25) is 0 Å². The van der Waals surface area contributed by atoms with Crippen molar-refractivity contribution < 1.29 is 4.39 Å². The van der Waals surface area contributed by atoms with Crippen molar-refractivity contribution in [2.24, 2.45) is 0 Å². The third kappa shape index (κ3) is 1.29. The first-order valence-electron chi connectivity index (χ1n) is 3.47. The van der Waals surface area contributed by atoms with Crippen LogP contribution in [0.15, 0.2) is 30.5 Å². The Bertz CT molecular complexity index is 428. The molecule has 2 aromatic rings. The molecule has 0 N–H and O–H groups in total. The molecule has 0 aliphatic carbocycles. The molecule has 60 valence electrons. The van der Waals surface area contributed by atoms with Gasteiger partial charge in [0.25, 0.3) is 0 Å². The van der Waals surface area contributed by atoms with E-state index in [1.807, 2.05) is 6.07 Å². The monoisotopic (exact) mass is 273 g/mol. The summed E-state index contributed by atoms with van der Waals surface area (Å²) in [6.07, 6.45) is 1.72. The van der Waals surface area contributed by atoms with Crippen LogP contribution in [0.1, 0.15) is 0 Å². The molecule has 0 aliphatic rings. The molecule has 0 fully saturated rings. The smallest absolute Gasteiger partial charge is 0.123 e. The Morgan fingerprint density at radius 2 is 2.08 bits per heavy atom. The van der Waals surface area contributed by atoms with E-state index < -0.39 is 0 Å². The van der Waals surface area contributed by atoms with Gasteiger partial charge in [-0.15, -0.1) is 0 Å². The normalized spacial score (nSPS) is 10.5. The van der Waals surface area contributed by atoms with Gasteiger partial charge in [0, 0.05) is 15.2 Å². The van der Waals surface area contributed by atoms with Crippen molar-refractivity contribution in [1.82, 2.24) is 4.98 Å². The Balaban J connectivity index is 2.88. The predicted molar refractivity (Wildman–Crippen MR) is 54.4 cm³/mol. The predicted octanol–water partition coefficient (Wildman–Crippen LogP) is 2.98. The summed E-state index contributed by atoms with van der Waals surface area (Å²) in [5.41, 5.74) is 0.836. The summed E-state index contributed by atoms with van der Waals surface area (Å²) in [4.78, 5) is 4.11. The first-order chi connectivity index (χ1) is 5.77. The second-order valence-electron chi connectivity index (χ2n) is 2.45. The standard InChI is InChI=1S/C9H5FIN/c10-6-1-2-9-7(5-6)8(11)3-4-12-9/h1-5H. The molecule has 0 spiro atoms. The number of aromatic nitrogens is 1. The van der Waals surface area contributed by atoms with E-state index in [1.165, 1.54) is 12.1 Å². The Hall–Kier alpha value is -0.710. The lowest BCUT2D eigenvalue weighted by molar-refractivity contribution is 0.629. The fourth-order valence-corrected chi connectivity index (χ4v) is 1.68. The number of pyridine rings is 1. The molecule has 12 heavy (non-hydrogen) atoms. The maximum atomic E-state index is 12.8. The Morgan fingerprint density at radius 1 is 1.25 bits per heavy atom. The molecular formula is C9H5FIN. The van der Waals surface area contributed by atoms with Gasteiger partial charge in [0.2, 0.25) is 0 Å². The van der Waals surface area contributed by atoms with Gasteiger partial charge < -0.3 is 0 Å². The van der Waals surface area contributed by atoms with Crippen molar-refractivity contribution in [2.75, 3.05) is 0 Å². The third-order valence-corrected chi connectivity index (χ3v) is 2.59. The van der Waals surface area contributed by atoms with Gasteiger partial charge in [-0.2, -0.15) is 0 Å². The Morgan fingerprint density at radius 3 is 2.92 bits per heavy atom. The summed E-state index contributed by atoms with van der Waals surface area (Å²) in [5.74, 6) is -0.214. The number of rotatable bonds is 0. The van der Waals surface area contributed by atoms with E-state index in [0.717, 1.165) is 14.5 Å². The molecule has 1 nitrogen and oxygen atoms in total. The number of hydrogen-bond donors (Lipinski definition) is 0. The van der Waals surface area contributed by atoms with Gasteiger partial charge in [-0.1, -0.05) is 0 Å². The van der Waals surface area contributed by atoms with Crippen molar-refractivity contribution in [2.45, 2.75) is 0 Å². The fraction of sp³-hybridized carbons (Fsp3) is 0. The van der Waals surface area contributed by atoms with Crippen LogP contribution in [0.4, 0.5) is 4.39 Å². The number of hydrogen-bond acceptors (Lipinski definition) is 1. The first-order valence-corrected chi connectivity index (χ1v) is 4.55. The van der Waals surface area contributed by atoms with Gasteiger partial charge >= 0.3 is 0 Å². The summed E-state index contributed by atoms with van der Waals surface area (Å²) in [7, 11) is 0. The van der Waals surface area contributed by atoms with E-state index in [0.29, 0.717) is 0 Å². The summed E-state index contributed by atoms with van der Waals surface area (Å²) < 4.78 is 13.8. The molecular weight excluding hydrogens is 268 g/mol. The molecule has 0 atom stereocenters. The molecule has 1 heterocycles. The van der Waals surface area contributed by atoms with Crippen molar-refractivity contribution in [1.29, 1.82) is 0 Å². The Kier molecular flexibility index (Phi) is 1.96. The quantitative estimate of drug-likeness (QED) is 0.672. The summed E-state index contributed by atoms with van der Waals surface area (Å²) >= 11 is 2.17. The first kappa shape index (κ1) is 7.91. The molecule has 0 aliphatic heterocycles. The summed E-state index contributed by atoms with van der Waals surface area (Å²) in [6, 6.07) is 6.48. The van der Waals surface area contributed by atoms with Gasteiger partial charge in [0.15, 0.2) is 0 Å². The highest BCUT2D eigenvalue weighted by Crippen LogP contribution is 2.18. The molecule has 2 rings (SSSR count). The number of nitrogens with zero attached hydrogens (tertiary/aromatic N) is 1. The maximum absolute atomic E-state index is 12.8. The summed E-state index contributed by atoms with van der Waals surface area (Å²) in [5, 5.41) is 0.873. The largest absolute Gasteiger partial charge is 0.256 e. The van der Waals surface area contributed by atoms with Crippen molar-refractivity contribution >= 4 is 33.5 Å². The molecule has 0 saturated carbocycles. The SMILES string of the molecule is Fc1ccc2nccc(I)c2c1. The second-order valence-corrected chi connectivity index (χ2v) is 3.62. The molecule has 3 heteroatoms.